The van der Waals surface area contributed by atoms with Gasteiger partial charge >= 0.3 is 12.0 Å². The van der Waals surface area contributed by atoms with Crippen LogP contribution in [0.2, 0.25) is 0 Å². The first-order valence-corrected chi connectivity index (χ1v) is 8.31. The van der Waals surface area contributed by atoms with Crippen LogP contribution in [0, 0.1) is 17.8 Å². The van der Waals surface area contributed by atoms with Crippen molar-refractivity contribution in [2.45, 2.75) is 69.9 Å². The zero-order chi connectivity index (χ0) is 15.0. The van der Waals surface area contributed by atoms with Gasteiger partial charge in [-0.05, 0) is 62.7 Å². The second-order valence-electron chi connectivity index (χ2n) is 7.48. The number of carboxylic acid groups (broad SMARTS) is 1. The number of amides is 2. The number of aliphatic carboxylic acids is 1. The number of rotatable bonds is 5. The molecule has 4 bridgehead atoms. The molecule has 4 rings (SSSR count). The van der Waals surface area contributed by atoms with Crippen molar-refractivity contribution in [2.24, 2.45) is 17.8 Å². The lowest BCUT2D eigenvalue weighted by molar-refractivity contribution is -0.139. The third kappa shape index (κ3) is 3.01. The Morgan fingerprint density at radius 1 is 1.14 bits per heavy atom. The van der Waals surface area contributed by atoms with Gasteiger partial charge in [0.05, 0.1) is 0 Å². The van der Waals surface area contributed by atoms with E-state index in [1.165, 1.54) is 19.3 Å². The first-order valence-electron chi connectivity index (χ1n) is 8.31. The van der Waals surface area contributed by atoms with E-state index in [-0.39, 0.29) is 11.6 Å². The molecular formula is C16H26N2O3. The van der Waals surface area contributed by atoms with Crippen LogP contribution in [-0.2, 0) is 4.79 Å². The zero-order valence-electron chi connectivity index (χ0n) is 12.7. The van der Waals surface area contributed by atoms with Crippen molar-refractivity contribution < 1.29 is 14.7 Å². The molecular weight excluding hydrogens is 268 g/mol. The van der Waals surface area contributed by atoms with Crippen LogP contribution in [0.4, 0.5) is 4.79 Å². The second-order valence-corrected chi connectivity index (χ2v) is 7.48. The van der Waals surface area contributed by atoms with Crippen LogP contribution < -0.4 is 10.6 Å². The molecule has 0 aromatic rings. The number of carbonyl (C=O) groups excluding carboxylic acids is 1. The molecule has 4 aliphatic rings. The van der Waals surface area contributed by atoms with Gasteiger partial charge in [0.25, 0.3) is 0 Å². The molecule has 2 amide bonds. The van der Waals surface area contributed by atoms with Gasteiger partial charge < -0.3 is 15.7 Å². The van der Waals surface area contributed by atoms with E-state index < -0.39 is 12.0 Å². The first kappa shape index (κ1) is 14.7. The Bertz CT molecular complexity index is 400. The van der Waals surface area contributed by atoms with Crippen molar-refractivity contribution in [1.29, 1.82) is 0 Å². The van der Waals surface area contributed by atoms with Gasteiger partial charge in [-0.2, -0.15) is 0 Å². The molecule has 0 heterocycles. The summed E-state index contributed by atoms with van der Waals surface area (Å²) in [6.07, 6.45) is 8.45. The monoisotopic (exact) mass is 294 g/mol. The summed E-state index contributed by atoms with van der Waals surface area (Å²) < 4.78 is 0. The van der Waals surface area contributed by atoms with E-state index in [1.54, 1.807) is 0 Å². The van der Waals surface area contributed by atoms with Crippen molar-refractivity contribution in [3.05, 3.63) is 0 Å². The maximum absolute atomic E-state index is 12.2. The molecule has 0 radical (unpaired) electrons. The Morgan fingerprint density at radius 3 is 2.10 bits per heavy atom. The summed E-state index contributed by atoms with van der Waals surface area (Å²) in [4.78, 5) is 23.4. The minimum atomic E-state index is -0.947. The van der Waals surface area contributed by atoms with Crippen molar-refractivity contribution >= 4 is 12.0 Å². The molecule has 4 fully saturated rings. The smallest absolute Gasteiger partial charge is 0.326 e. The van der Waals surface area contributed by atoms with Crippen LogP contribution in [0.3, 0.4) is 0 Å². The molecule has 0 spiro atoms. The molecule has 0 aromatic carbocycles. The topological polar surface area (TPSA) is 78.4 Å². The maximum atomic E-state index is 12.2. The Labute approximate surface area is 125 Å². The highest BCUT2D eigenvalue weighted by Gasteiger charge is 2.51. The second kappa shape index (κ2) is 5.50. The molecule has 118 valence electrons. The fourth-order valence-corrected chi connectivity index (χ4v) is 5.24. The number of hydrogen-bond acceptors (Lipinski definition) is 2. The molecule has 4 aliphatic carbocycles. The van der Waals surface area contributed by atoms with Gasteiger partial charge in [-0.3, -0.25) is 0 Å². The Balaban J connectivity index is 1.61. The van der Waals surface area contributed by atoms with Crippen LogP contribution in [0.5, 0.6) is 0 Å². The minimum Gasteiger partial charge on any atom is -0.480 e. The quantitative estimate of drug-likeness (QED) is 0.729. The number of hydrogen-bond donors (Lipinski definition) is 3. The third-order valence-corrected chi connectivity index (χ3v) is 5.60. The Hall–Kier alpha value is -1.26. The Kier molecular flexibility index (Phi) is 3.84. The van der Waals surface area contributed by atoms with E-state index in [4.69, 9.17) is 5.11 Å². The average molecular weight is 294 g/mol. The lowest BCUT2D eigenvalue weighted by Gasteiger charge is -2.56. The highest BCUT2D eigenvalue weighted by atomic mass is 16.4. The molecule has 0 aromatic heterocycles. The predicted octanol–water partition coefficient (Wildman–Crippen LogP) is 2.51. The lowest BCUT2D eigenvalue weighted by Crippen LogP contribution is -2.62. The van der Waals surface area contributed by atoms with Crippen molar-refractivity contribution in [2.75, 3.05) is 0 Å². The summed E-state index contributed by atoms with van der Waals surface area (Å²) in [5, 5.41) is 14.9. The van der Waals surface area contributed by atoms with Gasteiger partial charge in [0.15, 0.2) is 0 Å². The molecule has 0 saturated heterocycles. The van der Waals surface area contributed by atoms with Crippen molar-refractivity contribution in [1.82, 2.24) is 10.6 Å². The molecule has 0 aliphatic heterocycles. The van der Waals surface area contributed by atoms with Gasteiger partial charge in [0, 0.05) is 5.54 Å². The molecule has 4 saturated carbocycles. The highest BCUT2D eigenvalue weighted by Crippen LogP contribution is 2.55. The van der Waals surface area contributed by atoms with E-state index in [0.717, 1.165) is 43.4 Å². The van der Waals surface area contributed by atoms with Crippen LogP contribution >= 0.6 is 0 Å². The molecule has 1 atom stereocenters. The summed E-state index contributed by atoms with van der Waals surface area (Å²) >= 11 is 0. The van der Waals surface area contributed by atoms with Crippen LogP contribution in [0.1, 0.15) is 58.3 Å². The van der Waals surface area contributed by atoms with E-state index in [9.17, 15) is 9.59 Å². The van der Waals surface area contributed by atoms with Gasteiger partial charge in [0.1, 0.15) is 6.04 Å². The van der Waals surface area contributed by atoms with Gasteiger partial charge in [-0.1, -0.05) is 13.3 Å². The molecule has 5 heteroatoms. The molecule has 5 nitrogen and oxygen atoms in total. The lowest BCUT2D eigenvalue weighted by atomic mass is 9.53. The molecule has 21 heavy (non-hydrogen) atoms. The van der Waals surface area contributed by atoms with E-state index in [0.29, 0.717) is 6.42 Å². The van der Waals surface area contributed by atoms with Gasteiger partial charge in [-0.15, -0.1) is 0 Å². The summed E-state index contributed by atoms with van der Waals surface area (Å²) in [5.74, 6) is 1.35. The summed E-state index contributed by atoms with van der Waals surface area (Å²) in [7, 11) is 0. The van der Waals surface area contributed by atoms with E-state index in [1.807, 2.05) is 6.92 Å². The SMILES string of the molecule is CCC[C@@H](NC(=O)NC12CC3CC(CC(C3)C1)C2)C(=O)O. The predicted molar refractivity (Wildman–Crippen MR) is 78.9 cm³/mol. The maximum Gasteiger partial charge on any atom is 0.326 e. The normalized spacial score (nSPS) is 38.0. The Morgan fingerprint density at radius 2 is 1.67 bits per heavy atom. The summed E-state index contributed by atoms with van der Waals surface area (Å²) in [5.41, 5.74) is -0.0614. The number of carbonyl (C=O) groups is 2. The van der Waals surface area contributed by atoms with Crippen LogP contribution in [0.25, 0.3) is 0 Å². The third-order valence-electron chi connectivity index (χ3n) is 5.60. The molecule has 3 N–H and O–H groups in total. The number of carboxylic acids is 1. The first-order chi connectivity index (χ1) is 9.99. The van der Waals surface area contributed by atoms with Crippen LogP contribution in [-0.4, -0.2) is 28.7 Å². The molecule has 0 unspecified atom stereocenters. The summed E-state index contributed by atoms with van der Waals surface area (Å²) in [6.45, 7) is 1.93. The van der Waals surface area contributed by atoms with Gasteiger partial charge in [0.2, 0.25) is 0 Å². The largest absolute Gasteiger partial charge is 0.480 e. The van der Waals surface area contributed by atoms with Crippen molar-refractivity contribution in [3.63, 3.8) is 0 Å². The average Bonchev–Trinajstić information content (AvgIpc) is 2.35. The standard InChI is InChI=1S/C16H26N2O3/c1-2-3-13(14(19)20)17-15(21)18-16-7-10-4-11(8-16)6-12(5-10)9-16/h10-13H,2-9H2,1H3,(H,19,20)(H2,17,18,21)/t10?,11?,12?,13-,16?/m1/s1. The van der Waals surface area contributed by atoms with E-state index >= 15 is 0 Å². The number of urea groups is 1. The van der Waals surface area contributed by atoms with Gasteiger partial charge in [-0.25, -0.2) is 9.59 Å². The fraction of sp³-hybridized carbons (Fsp3) is 0.875. The minimum absolute atomic E-state index is 0.0614. The fourth-order valence-electron chi connectivity index (χ4n) is 5.24. The van der Waals surface area contributed by atoms with Crippen molar-refractivity contribution in [3.8, 4) is 0 Å². The van der Waals surface area contributed by atoms with E-state index in [2.05, 4.69) is 10.6 Å². The van der Waals surface area contributed by atoms with Crippen LogP contribution in [0.15, 0.2) is 0 Å². The zero-order valence-corrected chi connectivity index (χ0v) is 12.7. The summed E-state index contributed by atoms with van der Waals surface area (Å²) in [6, 6.07) is -1.07. The number of nitrogens with one attached hydrogen (secondary N) is 2. The highest BCUT2D eigenvalue weighted by molar-refractivity contribution is 5.82.